The number of nitrogens with zero attached hydrogens (tertiary/aromatic N) is 3. The zero-order valence-electron chi connectivity index (χ0n) is 42.1. The number of aryl methyl sites for hydroxylation is 1. The molecule has 12 rings (SSSR count). The molecule has 4 heterocycles. The summed E-state index contributed by atoms with van der Waals surface area (Å²) in [5.74, 6) is 0. The number of hydrogen-bond donors (Lipinski definition) is 0. The summed E-state index contributed by atoms with van der Waals surface area (Å²) in [5.41, 5.74) is 23.4. The molecule has 6 aliphatic rings. The number of benzene rings is 6. The van der Waals surface area contributed by atoms with E-state index in [4.69, 9.17) is 0 Å². The lowest BCUT2D eigenvalue weighted by atomic mass is 9.33. The van der Waals surface area contributed by atoms with Crippen molar-refractivity contribution in [2.45, 2.75) is 167 Å². The van der Waals surface area contributed by atoms with Crippen LogP contribution in [0.25, 0.3) is 0 Å². The van der Waals surface area contributed by atoms with Gasteiger partial charge < -0.3 is 14.7 Å². The molecule has 0 bridgehead atoms. The molecular weight excluding hydrogens is 798 g/mol. The highest BCUT2D eigenvalue weighted by atomic mass is 15.3. The summed E-state index contributed by atoms with van der Waals surface area (Å²) < 4.78 is 0. The standard InChI is InChI=1S/C62H70BN3/c1-56(2,3)40-24-27-43(28-25-40)64-51-29-26-41(57(4,5)6)35-48(51)63-49-36-42(58(7,8)9)34-47-55(49)66(62(13)45-21-15-14-20-39(45)30-33-60(47,62)11)53-38-44(37-52(64)54(53)63)65-50-23-17-16-22-46(50)59(10)31-18-19-32-61(59,65)12/h14-17,20-29,34-38H,18-19,30-33H2,1-13H3. The Morgan fingerprint density at radius 2 is 1.09 bits per heavy atom. The van der Waals surface area contributed by atoms with Crippen molar-refractivity contribution in [2.24, 2.45) is 0 Å². The molecule has 0 aromatic heterocycles. The first-order valence-corrected chi connectivity index (χ1v) is 25.3. The fourth-order valence-electron chi connectivity index (χ4n) is 14.4. The normalized spacial score (nSPS) is 25.7. The molecule has 1 fully saturated rings. The highest BCUT2D eigenvalue weighted by molar-refractivity contribution is 7.00. The largest absolute Gasteiger partial charge is 0.334 e. The van der Waals surface area contributed by atoms with Gasteiger partial charge in [0.15, 0.2) is 0 Å². The number of rotatable bonds is 2. The number of para-hydroxylation sites is 1. The predicted octanol–water partition coefficient (Wildman–Crippen LogP) is 14.2. The summed E-state index contributed by atoms with van der Waals surface area (Å²) in [6.45, 7) is 31.9. The van der Waals surface area contributed by atoms with E-state index in [1.807, 2.05) is 0 Å². The molecule has 1 saturated carbocycles. The van der Waals surface area contributed by atoms with E-state index < -0.39 is 0 Å². The number of hydrogen-bond acceptors (Lipinski definition) is 3. The molecule has 336 valence electrons. The second kappa shape index (κ2) is 13.3. The Balaban J connectivity index is 1.24. The van der Waals surface area contributed by atoms with Gasteiger partial charge >= 0.3 is 0 Å². The fourth-order valence-corrected chi connectivity index (χ4v) is 14.4. The second-order valence-corrected chi connectivity index (χ2v) is 25.3. The van der Waals surface area contributed by atoms with Crippen LogP contribution in [0.2, 0.25) is 0 Å². The molecule has 2 aliphatic carbocycles. The lowest BCUT2D eigenvalue weighted by Crippen LogP contribution is -2.64. The molecule has 0 amide bonds. The lowest BCUT2D eigenvalue weighted by molar-refractivity contribution is 0.195. The van der Waals surface area contributed by atoms with E-state index in [1.165, 1.54) is 121 Å². The molecule has 4 heteroatoms. The van der Waals surface area contributed by atoms with Gasteiger partial charge in [0.25, 0.3) is 6.71 Å². The Morgan fingerprint density at radius 3 is 1.80 bits per heavy atom. The molecule has 3 nitrogen and oxygen atoms in total. The topological polar surface area (TPSA) is 9.72 Å². The molecule has 0 radical (unpaired) electrons. The summed E-state index contributed by atoms with van der Waals surface area (Å²) in [5, 5.41) is 0. The lowest BCUT2D eigenvalue weighted by Gasteiger charge is -2.54. The molecule has 6 aromatic rings. The van der Waals surface area contributed by atoms with E-state index in [0.717, 1.165) is 12.8 Å². The molecule has 4 aliphatic heterocycles. The minimum absolute atomic E-state index is 0.0120. The Hall–Kier alpha value is -5.22. The molecular formula is C62H70BN3. The predicted molar refractivity (Wildman–Crippen MR) is 283 cm³/mol. The van der Waals surface area contributed by atoms with Crippen molar-refractivity contribution in [3.8, 4) is 0 Å². The van der Waals surface area contributed by atoms with Crippen LogP contribution in [0.3, 0.4) is 0 Å². The summed E-state index contributed by atoms with van der Waals surface area (Å²) in [4.78, 5) is 8.42. The summed E-state index contributed by atoms with van der Waals surface area (Å²) in [6.07, 6.45) is 7.09. The maximum Gasteiger partial charge on any atom is 0.252 e. The van der Waals surface area contributed by atoms with Crippen molar-refractivity contribution in [1.29, 1.82) is 0 Å². The minimum atomic E-state index is -0.328. The molecule has 0 N–H and O–H groups in total. The maximum absolute atomic E-state index is 2.92. The van der Waals surface area contributed by atoms with E-state index in [9.17, 15) is 0 Å². The molecule has 6 aromatic carbocycles. The van der Waals surface area contributed by atoms with Crippen LogP contribution in [0, 0.1) is 0 Å². The highest BCUT2D eigenvalue weighted by Crippen LogP contribution is 2.66. The smallest absolute Gasteiger partial charge is 0.252 e. The Bertz CT molecular complexity index is 3030. The minimum Gasteiger partial charge on any atom is -0.334 e. The van der Waals surface area contributed by atoms with Gasteiger partial charge in [-0.05, 0) is 148 Å². The fraction of sp³-hybridized carbons (Fsp3) is 0.419. The van der Waals surface area contributed by atoms with Gasteiger partial charge in [0.2, 0.25) is 0 Å². The van der Waals surface area contributed by atoms with E-state index in [2.05, 4.69) is 220 Å². The van der Waals surface area contributed by atoms with Gasteiger partial charge in [0.05, 0.1) is 11.1 Å². The van der Waals surface area contributed by atoms with Crippen LogP contribution in [-0.4, -0.2) is 12.3 Å². The quantitative estimate of drug-likeness (QED) is 0.160. The van der Waals surface area contributed by atoms with Gasteiger partial charge in [-0.25, -0.2) is 0 Å². The van der Waals surface area contributed by atoms with Gasteiger partial charge in [-0.2, -0.15) is 0 Å². The Labute approximate surface area is 396 Å². The van der Waals surface area contributed by atoms with Gasteiger partial charge in [0, 0.05) is 50.6 Å². The molecule has 66 heavy (non-hydrogen) atoms. The van der Waals surface area contributed by atoms with Gasteiger partial charge in [-0.3, -0.25) is 0 Å². The third kappa shape index (κ3) is 5.28. The van der Waals surface area contributed by atoms with Crippen LogP contribution in [0.5, 0.6) is 0 Å². The summed E-state index contributed by atoms with van der Waals surface area (Å²) in [7, 11) is 0. The van der Waals surface area contributed by atoms with Crippen LogP contribution in [-0.2, 0) is 39.0 Å². The van der Waals surface area contributed by atoms with Crippen molar-refractivity contribution in [3.63, 3.8) is 0 Å². The molecule has 0 spiro atoms. The molecule has 4 unspecified atom stereocenters. The first-order chi connectivity index (χ1) is 31.1. The van der Waals surface area contributed by atoms with Crippen LogP contribution >= 0.6 is 0 Å². The summed E-state index contributed by atoms with van der Waals surface area (Å²) >= 11 is 0. The average Bonchev–Trinajstić information content (AvgIpc) is 3.62. The van der Waals surface area contributed by atoms with Gasteiger partial charge in [0.1, 0.15) is 0 Å². The van der Waals surface area contributed by atoms with Crippen LogP contribution in [0.4, 0.5) is 39.8 Å². The first kappa shape index (κ1) is 42.2. The monoisotopic (exact) mass is 868 g/mol. The first-order valence-electron chi connectivity index (χ1n) is 25.3. The Morgan fingerprint density at radius 1 is 0.470 bits per heavy atom. The molecule has 4 atom stereocenters. The van der Waals surface area contributed by atoms with Gasteiger partial charge in [-0.15, -0.1) is 0 Å². The van der Waals surface area contributed by atoms with Gasteiger partial charge in [-0.1, -0.05) is 168 Å². The molecule has 0 saturated heterocycles. The zero-order chi connectivity index (χ0) is 46.3. The van der Waals surface area contributed by atoms with Crippen molar-refractivity contribution in [3.05, 3.63) is 154 Å². The third-order valence-electron chi connectivity index (χ3n) is 18.7. The Kier molecular flexibility index (Phi) is 8.48. The average molecular weight is 868 g/mol. The van der Waals surface area contributed by atoms with Crippen molar-refractivity contribution < 1.29 is 0 Å². The van der Waals surface area contributed by atoms with Crippen LogP contribution < -0.4 is 31.1 Å². The van der Waals surface area contributed by atoms with E-state index in [-0.39, 0.29) is 44.9 Å². The zero-order valence-corrected chi connectivity index (χ0v) is 42.1. The van der Waals surface area contributed by atoms with E-state index in [0.29, 0.717) is 0 Å². The number of anilines is 7. The van der Waals surface area contributed by atoms with Crippen molar-refractivity contribution in [1.82, 2.24) is 0 Å². The number of fused-ring (bicyclic) bond motifs is 12. The van der Waals surface area contributed by atoms with E-state index >= 15 is 0 Å². The second-order valence-electron chi connectivity index (χ2n) is 25.3. The van der Waals surface area contributed by atoms with Crippen molar-refractivity contribution >= 4 is 62.9 Å². The SMILES string of the molecule is CC(C)(C)c1ccc(N2c3ccc(C(C)(C)C)cc3B3c4cc(C(C)(C)C)cc5c4N(c4cc(N6c7ccccc7C7(C)CCCCC67C)cc2c43)C2(C)c3ccccc3CCC52C)cc1. The van der Waals surface area contributed by atoms with Crippen molar-refractivity contribution in [2.75, 3.05) is 14.7 Å². The van der Waals surface area contributed by atoms with Crippen LogP contribution in [0.15, 0.2) is 115 Å². The maximum atomic E-state index is 2.92. The van der Waals surface area contributed by atoms with Crippen LogP contribution in [0.1, 0.15) is 161 Å². The third-order valence-corrected chi connectivity index (χ3v) is 18.7. The summed E-state index contributed by atoms with van der Waals surface area (Å²) in [6, 6.07) is 46.6. The van der Waals surface area contributed by atoms with E-state index in [1.54, 1.807) is 0 Å². The highest BCUT2D eigenvalue weighted by Gasteiger charge is 2.64.